The average molecular weight is 255 g/mol. The maximum Gasteiger partial charge on any atom is 0.326 e. The molecule has 1 amide bonds. The summed E-state index contributed by atoms with van der Waals surface area (Å²) in [6.07, 6.45) is 5.62. The molecule has 2 N–H and O–H groups in total. The van der Waals surface area contributed by atoms with Crippen molar-refractivity contribution in [1.82, 2.24) is 4.90 Å². The molecule has 1 saturated heterocycles. The monoisotopic (exact) mass is 255 g/mol. The standard InChI is InChI=1S/C13H21NO4/c15-10-7-11(13(17)18)14(8-10)12(16)6-5-9-3-1-2-4-9/h9-11,15H,1-8H2,(H,17,18)/t10-,11+/m1/s1. The molecule has 5 heteroatoms. The summed E-state index contributed by atoms with van der Waals surface area (Å²) in [5.41, 5.74) is 0. The van der Waals surface area contributed by atoms with Crippen LogP contribution in [0.15, 0.2) is 0 Å². The predicted molar refractivity (Wildman–Crippen MR) is 65.0 cm³/mol. The zero-order valence-corrected chi connectivity index (χ0v) is 10.5. The van der Waals surface area contributed by atoms with Crippen LogP contribution in [0.1, 0.15) is 44.9 Å². The second-order valence-corrected chi connectivity index (χ2v) is 5.48. The number of rotatable bonds is 4. The van der Waals surface area contributed by atoms with Gasteiger partial charge < -0.3 is 15.1 Å². The molecule has 2 rings (SSSR count). The van der Waals surface area contributed by atoms with Gasteiger partial charge in [0.05, 0.1) is 6.10 Å². The summed E-state index contributed by atoms with van der Waals surface area (Å²) in [4.78, 5) is 24.4. The van der Waals surface area contributed by atoms with Crippen molar-refractivity contribution in [2.75, 3.05) is 6.54 Å². The van der Waals surface area contributed by atoms with Crippen molar-refractivity contribution < 1.29 is 19.8 Å². The van der Waals surface area contributed by atoms with E-state index in [2.05, 4.69) is 0 Å². The van der Waals surface area contributed by atoms with Crippen LogP contribution in [0.25, 0.3) is 0 Å². The van der Waals surface area contributed by atoms with Crippen LogP contribution in [-0.4, -0.2) is 45.7 Å². The molecule has 0 bridgehead atoms. The first-order valence-electron chi connectivity index (χ1n) is 6.78. The third-order valence-electron chi connectivity index (χ3n) is 4.13. The third kappa shape index (κ3) is 3.02. The minimum atomic E-state index is -1.01. The molecular formula is C13H21NO4. The lowest BCUT2D eigenvalue weighted by atomic mass is 10.0. The van der Waals surface area contributed by atoms with E-state index in [0.717, 1.165) is 6.42 Å². The van der Waals surface area contributed by atoms with Gasteiger partial charge in [-0.2, -0.15) is 0 Å². The Labute approximate surface area is 107 Å². The van der Waals surface area contributed by atoms with Crippen LogP contribution in [0.4, 0.5) is 0 Å². The van der Waals surface area contributed by atoms with Gasteiger partial charge in [0.25, 0.3) is 0 Å². The summed E-state index contributed by atoms with van der Waals surface area (Å²) in [7, 11) is 0. The van der Waals surface area contributed by atoms with Gasteiger partial charge in [-0.25, -0.2) is 4.79 Å². The molecule has 1 saturated carbocycles. The number of amides is 1. The molecule has 102 valence electrons. The molecule has 2 atom stereocenters. The van der Waals surface area contributed by atoms with Crippen LogP contribution in [-0.2, 0) is 9.59 Å². The molecule has 0 unspecified atom stereocenters. The maximum absolute atomic E-state index is 12.0. The number of carboxylic acids is 1. The van der Waals surface area contributed by atoms with Gasteiger partial charge in [0.1, 0.15) is 6.04 Å². The highest BCUT2D eigenvalue weighted by Gasteiger charge is 2.38. The zero-order chi connectivity index (χ0) is 13.1. The van der Waals surface area contributed by atoms with E-state index in [1.165, 1.54) is 30.6 Å². The summed E-state index contributed by atoms with van der Waals surface area (Å²) < 4.78 is 0. The average Bonchev–Trinajstić information content (AvgIpc) is 2.94. The number of carbonyl (C=O) groups excluding carboxylic acids is 1. The van der Waals surface area contributed by atoms with E-state index in [4.69, 9.17) is 5.11 Å². The van der Waals surface area contributed by atoms with Crippen molar-refractivity contribution in [1.29, 1.82) is 0 Å². The van der Waals surface area contributed by atoms with Gasteiger partial charge in [-0.3, -0.25) is 4.79 Å². The minimum Gasteiger partial charge on any atom is -0.480 e. The molecule has 18 heavy (non-hydrogen) atoms. The first-order valence-corrected chi connectivity index (χ1v) is 6.78. The lowest BCUT2D eigenvalue weighted by Crippen LogP contribution is -2.40. The van der Waals surface area contributed by atoms with E-state index < -0.39 is 18.1 Å². The Morgan fingerprint density at radius 1 is 1.22 bits per heavy atom. The second-order valence-electron chi connectivity index (χ2n) is 5.48. The SMILES string of the molecule is O=C(O)[C@@H]1C[C@@H](O)CN1C(=O)CCC1CCCC1. The lowest BCUT2D eigenvalue weighted by molar-refractivity contribution is -0.148. The van der Waals surface area contributed by atoms with Crippen LogP contribution >= 0.6 is 0 Å². The molecule has 0 aromatic carbocycles. The number of aliphatic hydroxyl groups excluding tert-OH is 1. The molecular weight excluding hydrogens is 234 g/mol. The van der Waals surface area contributed by atoms with E-state index in [0.29, 0.717) is 12.3 Å². The van der Waals surface area contributed by atoms with Crippen LogP contribution in [0.5, 0.6) is 0 Å². The lowest BCUT2D eigenvalue weighted by Gasteiger charge is -2.21. The fraction of sp³-hybridized carbons (Fsp3) is 0.846. The van der Waals surface area contributed by atoms with Crippen LogP contribution in [0.3, 0.4) is 0 Å². The van der Waals surface area contributed by atoms with Crippen molar-refractivity contribution in [3.05, 3.63) is 0 Å². The Balaban J connectivity index is 1.85. The van der Waals surface area contributed by atoms with E-state index in [1.807, 2.05) is 0 Å². The first kappa shape index (κ1) is 13.3. The molecule has 1 aliphatic carbocycles. The number of likely N-dealkylation sites (tertiary alicyclic amines) is 1. The molecule has 0 radical (unpaired) electrons. The fourth-order valence-electron chi connectivity index (χ4n) is 3.09. The summed E-state index contributed by atoms with van der Waals surface area (Å²) in [5, 5.41) is 18.5. The Hall–Kier alpha value is -1.10. The number of aliphatic hydroxyl groups is 1. The highest BCUT2D eigenvalue weighted by Crippen LogP contribution is 2.29. The van der Waals surface area contributed by atoms with Gasteiger partial charge in [-0.15, -0.1) is 0 Å². The maximum atomic E-state index is 12.0. The second kappa shape index (κ2) is 5.69. The molecule has 0 spiro atoms. The van der Waals surface area contributed by atoms with Gasteiger partial charge in [-0.1, -0.05) is 25.7 Å². The highest BCUT2D eigenvalue weighted by molar-refractivity contribution is 5.84. The van der Waals surface area contributed by atoms with Gasteiger partial charge in [-0.05, 0) is 12.3 Å². The number of carboxylic acid groups (broad SMARTS) is 1. The van der Waals surface area contributed by atoms with Crippen molar-refractivity contribution in [2.24, 2.45) is 5.92 Å². The number of β-amino-alcohol motifs (C(OH)–C–C–N with tert-alkyl or cyclic N) is 1. The summed E-state index contributed by atoms with van der Waals surface area (Å²) in [5.74, 6) is -0.503. The Kier molecular flexibility index (Phi) is 4.22. The summed E-state index contributed by atoms with van der Waals surface area (Å²) >= 11 is 0. The van der Waals surface area contributed by atoms with Gasteiger partial charge >= 0.3 is 5.97 Å². The highest BCUT2D eigenvalue weighted by atomic mass is 16.4. The Morgan fingerprint density at radius 2 is 1.89 bits per heavy atom. The summed E-state index contributed by atoms with van der Waals surface area (Å²) in [6, 6.07) is -0.837. The molecule has 0 aromatic rings. The van der Waals surface area contributed by atoms with Crippen molar-refractivity contribution >= 4 is 11.9 Å². The number of aliphatic carboxylic acids is 1. The fourth-order valence-corrected chi connectivity index (χ4v) is 3.09. The smallest absolute Gasteiger partial charge is 0.326 e. The molecule has 5 nitrogen and oxygen atoms in total. The van der Waals surface area contributed by atoms with E-state index in [-0.39, 0.29) is 18.9 Å². The van der Waals surface area contributed by atoms with E-state index in [1.54, 1.807) is 0 Å². The number of hydrogen-bond donors (Lipinski definition) is 2. The molecule has 2 fully saturated rings. The van der Waals surface area contributed by atoms with Gasteiger partial charge in [0, 0.05) is 19.4 Å². The van der Waals surface area contributed by atoms with E-state index in [9.17, 15) is 14.7 Å². The minimum absolute atomic E-state index is 0.120. The van der Waals surface area contributed by atoms with Crippen molar-refractivity contribution in [3.8, 4) is 0 Å². The van der Waals surface area contributed by atoms with E-state index >= 15 is 0 Å². The van der Waals surface area contributed by atoms with Crippen LogP contribution in [0, 0.1) is 5.92 Å². The summed E-state index contributed by atoms with van der Waals surface area (Å²) in [6.45, 7) is 0.167. The van der Waals surface area contributed by atoms with Crippen molar-refractivity contribution in [3.63, 3.8) is 0 Å². The predicted octanol–water partition coefficient (Wildman–Crippen LogP) is 1.00. The largest absolute Gasteiger partial charge is 0.480 e. The Bertz CT molecular complexity index is 325. The quantitative estimate of drug-likeness (QED) is 0.785. The van der Waals surface area contributed by atoms with Gasteiger partial charge in [0.2, 0.25) is 5.91 Å². The number of carbonyl (C=O) groups is 2. The normalized spacial score (nSPS) is 28.8. The zero-order valence-electron chi connectivity index (χ0n) is 10.5. The topological polar surface area (TPSA) is 77.8 Å². The Morgan fingerprint density at radius 3 is 2.50 bits per heavy atom. The number of hydrogen-bond acceptors (Lipinski definition) is 3. The number of nitrogens with zero attached hydrogens (tertiary/aromatic N) is 1. The molecule has 1 heterocycles. The molecule has 0 aromatic heterocycles. The van der Waals surface area contributed by atoms with Gasteiger partial charge in [0.15, 0.2) is 0 Å². The van der Waals surface area contributed by atoms with Crippen molar-refractivity contribution in [2.45, 2.75) is 57.1 Å². The first-order chi connectivity index (χ1) is 8.58. The third-order valence-corrected chi connectivity index (χ3v) is 4.13. The van der Waals surface area contributed by atoms with Crippen LogP contribution in [0.2, 0.25) is 0 Å². The van der Waals surface area contributed by atoms with Crippen LogP contribution < -0.4 is 0 Å². The molecule has 2 aliphatic rings. The molecule has 1 aliphatic heterocycles.